The number of non-ortho nitro benzene ring substituents is 1. The van der Waals surface area contributed by atoms with Crippen LogP contribution in [0.2, 0.25) is 0 Å². The highest BCUT2D eigenvalue weighted by molar-refractivity contribution is 5.89. The molecular formula is C12H9NO6. The zero-order chi connectivity index (χ0) is 14.0. The van der Waals surface area contributed by atoms with E-state index in [-0.39, 0.29) is 29.0 Å². The molecule has 0 amide bonds. The molecule has 2 aromatic rings. The SMILES string of the molecule is CCOC(=O)c1cc(=O)c2ccc([N+](=O)[O-])cc2o1. The van der Waals surface area contributed by atoms with Crippen LogP contribution in [0.1, 0.15) is 17.5 Å². The third-order valence-electron chi connectivity index (χ3n) is 2.40. The normalized spacial score (nSPS) is 10.4. The van der Waals surface area contributed by atoms with Gasteiger partial charge >= 0.3 is 5.97 Å². The van der Waals surface area contributed by atoms with E-state index in [1.165, 1.54) is 12.1 Å². The maximum Gasteiger partial charge on any atom is 0.374 e. The molecule has 0 spiro atoms. The minimum Gasteiger partial charge on any atom is -0.460 e. The van der Waals surface area contributed by atoms with Crippen LogP contribution in [0.5, 0.6) is 0 Å². The standard InChI is InChI=1S/C12H9NO6/c1-2-18-12(15)11-6-9(14)8-4-3-7(13(16)17)5-10(8)19-11/h3-6H,2H2,1H3. The Kier molecular flexibility index (Phi) is 3.28. The van der Waals surface area contributed by atoms with E-state index < -0.39 is 16.3 Å². The fourth-order valence-corrected chi connectivity index (χ4v) is 1.56. The number of hydrogen-bond acceptors (Lipinski definition) is 6. The molecule has 1 heterocycles. The van der Waals surface area contributed by atoms with Crippen LogP contribution in [0.4, 0.5) is 5.69 Å². The van der Waals surface area contributed by atoms with Crippen molar-refractivity contribution in [3.05, 3.63) is 50.4 Å². The van der Waals surface area contributed by atoms with Crippen molar-refractivity contribution in [1.82, 2.24) is 0 Å². The molecule has 1 aromatic heterocycles. The van der Waals surface area contributed by atoms with E-state index in [0.717, 1.165) is 12.1 Å². The molecule has 1 aromatic carbocycles. The predicted octanol–water partition coefficient (Wildman–Crippen LogP) is 1.88. The number of carbonyl (C=O) groups excluding carboxylic acids is 1. The number of hydrogen-bond donors (Lipinski definition) is 0. The van der Waals surface area contributed by atoms with Crippen LogP contribution in [0.15, 0.2) is 33.5 Å². The van der Waals surface area contributed by atoms with Crippen LogP contribution in [0.25, 0.3) is 11.0 Å². The lowest BCUT2D eigenvalue weighted by molar-refractivity contribution is -0.384. The van der Waals surface area contributed by atoms with Gasteiger partial charge < -0.3 is 9.15 Å². The summed E-state index contributed by atoms with van der Waals surface area (Å²) in [6.07, 6.45) is 0. The highest BCUT2D eigenvalue weighted by Crippen LogP contribution is 2.19. The lowest BCUT2D eigenvalue weighted by Gasteiger charge is -2.02. The van der Waals surface area contributed by atoms with Crippen molar-refractivity contribution in [2.24, 2.45) is 0 Å². The minimum atomic E-state index is -0.784. The molecule has 0 aliphatic rings. The second kappa shape index (κ2) is 4.89. The van der Waals surface area contributed by atoms with Gasteiger partial charge in [0.05, 0.1) is 23.0 Å². The Balaban J connectivity index is 2.62. The highest BCUT2D eigenvalue weighted by atomic mass is 16.6. The molecule has 0 fully saturated rings. The van der Waals surface area contributed by atoms with Crippen LogP contribution >= 0.6 is 0 Å². The molecule has 0 unspecified atom stereocenters. The second-order valence-corrected chi connectivity index (χ2v) is 3.63. The Labute approximate surface area is 106 Å². The fourth-order valence-electron chi connectivity index (χ4n) is 1.56. The lowest BCUT2D eigenvalue weighted by Crippen LogP contribution is -2.10. The number of rotatable bonds is 3. The maximum absolute atomic E-state index is 11.8. The van der Waals surface area contributed by atoms with Crippen LogP contribution in [0, 0.1) is 10.1 Å². The molecule has 0 saturated carbocycles. The maximum atomic E-state index is 11.8. The van der Waals surface area contributed by atoms with Crippen molar-refractivity contribution in [3.8, 4) is 0 Å². The van der Waals surface area contributed by atoms with Crippen molar-refractivity contribution in [3.63, 3.8) is 0 Å². The summed E-state index contributed by atoms with van der Waals surface area (Å²) in [5.74, 6) is -1.06. The Morgan fingerprint density at radius 2 is 2.16 bits per heavy atom. The fraction of sp³-hybridized carbons (Fsp3) is 0.167. The van der Waals surface area contributed by atoms with Crippen molar-refractivity contribution >= 4 is 22.6 Å². The highest BCUT2D eigenvalue weighted by Gasteiger charge is 2.15. The molecule has 7 nitrogen and oxygen atoms in total. The topological polar surface area (TPSA) is 99.7 Å². The van der Waals surface area contributed by atoms with E-state index in [9.17, 15) is 19.7 Å². The second-order valence-electron chi connectivity index (χ2n) is 3.63. The van der Waals surface area contributed by atoms with Gasteiger partial charge in [0.1, 0.15) is 5.58 Å². The van der Waals surface area contributed by atoms with Crippen molar-refractivity contribution < 1.29 is 18.9 Å². The summed E-state index contributed by atoms with van der Waals surface area (Å²) in [5.41, 5.74) is -0.708. The first-order valence-electron chi connectivity index (χ1n) is 5.42. The first-order valence-corrected chi connectivity index (χ1v) is 5.42. The van der Waals surface area contributed by atoms with Crippen LogP contribution < -0.4 is 5.43 Å². The van der Waals surface area contributed by atoms with E-state index >= 15 is 0 Å². The van der Waals surface area contributed by atoms with Gasteiger partial charge in [-0.2, -0.15) is 0 Å². The monoisotopic (exact) mass is 263 g/mol. The Morgan fingerprint density at radius 3 is 2.79 bits per heavy atom. The van der Waals surface area contributed by atoms with Crippen LogP contribution in [-0.2, 0) is 4.74 Å². The van der Waals surface area contributed by atoms with Crippen molar-refractivity contribution in [2.75, 3.05) is 6.61 Å². The molecule has 0 aliphatic carbocycles. The summed E-state index contributed by atoms with van der Waals surface area (Å²) >= 11 is 0. The zero-order valence-corrected chi connectivity index (χ0v) is 9.91. The van der Waals surface area contributed by atoms with Crippen molar-refractivity contribution in [1.29, 1.82) is 0 Å². The number of nitro benzene ring substituents is 1. The molecule has 0 radical (unpaired) electrons. The molecule has 7 heteroatoms. The Bertz CT molecular complexity index is 718. The summed E-state index contributed by atoms with van der Waals surface area (Å²) in [6, 6.07) is 4.59. The van der Waals surface area contributed by atoms with Gasteiger partial charge in [-0.1, -0.05) is 0 Å². The van der Waals surface area contributed by atoms with Gasteiger partial charge in [0.2, 0.25) is 5.76 Å². The molecule has 0 N–H and O–H groups in total. The number of fused-ring (bicyclic) bond motifs is 1. The third-order valence-corrected chi connectivity index (χ3v) is 2.40. The molecule has 0 saturated heterocycles. The number of ether oxygens (including phenoxy) is 1. The van der Waals surface area contributed by atoms with E-state index in [1.54, 1.807) is 6.92 Å². The van der Waals surface area contributed by atoms with Gasteiger partial charge in [-0.25, -0.2) is 4.79 Å². The molecule has 0 aliphatic heterocycles. The van der Waals surface area contributed by atoms with Crippen LogP contribution in [-0.4, -0.2) is 17.5 Å². The van der Waals surface area contributed by atoms with Crippen LogP contribution in [0.3, 0.4) is 0 Å². The quantitative estimate of drug-likeness (QED) is 0.476. The number of nitro groups is 1. The van der Waals surface area contributed by atoms with Gasteiger partial charge in [-0.05, 0) is 13.0 Å². The molecule has 98 valence electrons. The summed E-state index contributed by atoms with van der Waals surface area (Å²) < 4.78 is 9.87. The largest absolute Gasteiger partial charge is 0.460 e. The van der Waals surface area contributed by atoms with Crippen molar-refractivity contribution in [2.45, 2.75) is 6.92 Å². The minimum absolute atomic E-state index is 0.0234. The average molecular weight is 263 g/mol. The van der Waals surface area contributed by atoms with Gasteiger partial charge in [0.15, 0.2) is 5.43 Å². The van der Waals surface area contributed by atoms with E-state index in [4.69, 9.17) is 9.15 Å². The lowest BCUT2D eigenvalue weighted by atomic mass is 10.2. The number of carbonyl (C=O) groups is 1. The van der Waals surface area contributed by atoms with E-state index in [0.29, 0.717) is 0 Å². The summed E-state index contributed by atoms with van der Waals surface area (Å²) in [4.78, 5) is 33.3. The third kappa shape index (κ3) is 2.44. The van der Waals surface area contributed by atoms with Gasteiger partial charge in [0, 0.05) is 12.1 Å². The Hall–Kier alpha value is -2.70. The summed E-state index contributed by atoms with van der Waals surface area (Å²) in [6.45, 7) is 1.75. The molecule has 0 bridgehead atoms. The molecule has 19 heavy (non-hydrogen) atoms. The smallest absolute Gasteiger partial charge is 0.374 e. The average Bonchev–Trinajstić information content (AvgIpc) is 2.38. The zero-order valence-electron chi connectivity index (χ0n) is 9.91. The molecule has 2 rings (SSSR count). The van der Waals surface area contributed by atoms with E-state index in [2.05, 4.69) is 0 Å². The van der Waals surface area contributed by atoms with Gasteiger partial charge in [0.25, 0.3) is 5.69 Å². The molecular weight excluding hydrogens is 254 g/mol. The van der Waals surface area contributed by atoms with E-state index in [1.807, 2.05) is 0 Å². The summed E-state index contributed by atoms with van der Waals surface area (Å²) in [7, 11) is 0. The first-order chi connectivity index (χ1) is 9.02. The summed E-state index contributed by atoms with van der Waals surface area (Å²) in [5, 5.41) is 10.8. The van der Waals surface area contributed by atoms with Gasteiger partial charge in [-0.15, -0.1) is 0 Å². The first kappa shape index (κ1) is 12.7. The van der Waals surface area contributed by atoms with Gasteiger partial charge in [-0.3, -0.25) is 14.9 Å². The Morgan fingerprint density at radius 1 is 1.42 bits per heavy atom. The number of nitrogens with zero attached hydrogens (tertiary/aromatic N) is 1. The number of benzene rings is 1. The number of esters is 1. The molecule has 0 atom stereocenters. The predicted molar refractivity (Wildman–Crippen MR) is 65.1 cm³/mol.